The van der Waals surface area contributed by atoms with Crippen LogP contribution in [0.15, 0.2) is 48.6 Å². The van der Waals surface area contributed by atoms with Crippen molar-refractivity contribution < 1.29 is 24.5 Å². The number of rotatable bonds is 46. The summed E-state index contributed by atoms with van der Waals surface area (Å²) < 4.78 is 5.89. The fourth-order valence-electron chi connectivity index (χ4n) is 7.73. The van der Waals surface area contributed by atoms with Crippen molar-refractivity contribution >= 4 is 11.9 Å². The molecule has 0 saturated heterocycles. The molecule has 0 aromatic carbocycles. The largest absolute Gasteiger partial charge is 0.462 e. The van der Waals surface area contributed by atoms with Gasteiger partial charge in [0, 0.05) is 6.42 Å². The number of ether oxygens (including phenoxy) is 1. The third-order valence-corrected chi connectivity index (χ3v) is 11.7. The molecule has 6 nitrogen and oxygen atoms in total. The Balaban J connectivity index is 4.44. The van der Waals surface area contributed by atoms with Gasteiger partial charge in [-0.05, 0) is 70.6 Å². The minimum Gasteiger partial charge on any atom is -0.462 e. The highest BCUT2D eigenvalue weighted by molar-refractivity contribution is 5.77. The van der Waals surface area contributed by atoms with Gasteiger partial charge in [0.05, 0.1) is 25.2 Å². The maximum Gasteiger partial charge on any atom is 0.306 e. The second kappa shape index (κ2) is 47.9. The summed E-state index contributed by atoms with van der Waals surface area (Å²) in [5.41, 5.74) is 0. The summed E-state index contributed by atoms with van der Waals surface area (Å²) in [5, 5.41) is 23.7. The molecule has 350 valence electrons. The molecule has 0 aliphatic heterocycles. The van der Waals surface area contributed by atoms with Crippen LogP contribution in [0.25, 0.3) is 0 Å². The van der Waals surface area contributed by atoms with Gasteiger partial charge in [-0.3, -0.25) is 9.59 Å². The molecule has 0 spiro atoms. The first-order chi connectivity index (χ1) is 29.5. The van der Waals surface area contributed by atoms with E-state index in [1.807, 2.05) is 0 Å². The number of allylic oxidation sites excluding steroid dienone is 8. The van der Waals surface area contributed by atoms with Gasteiger partial charge in [-0.1, -0.05) is 223 Å². The molecule has 0 rings (SSSR count). The Hall–Kier alpha value is -2.18. The first kappa shape index (κ1) is 57.8. The van der Waals surface area contributed by atoms with Crippen LogP contribution in [0.5, 0.6) is 0 Å². The first-order valence-corrected chi connectivity index (χ1v) is 25.9. The average Bonchev–Trinajstić information content (AvgIpc) is 3.24. The zero-order chi connectivity index (χ0) is 43.8. The molecule has 0 radical (unpaired) electrons. The lowest BCUT2D eigenvalue weighted by molar-refractivity contribution is -0.151. The van der Waals surface area contributed by atoms with Crippen molar-refractivity contribution in [1.29, 1.82) is 0 Å². The molecule has 0 aliphatic rings. The van der Waals surface area contributed by atoms with Crippen molar-refractivity contribution in [2.75, 3.05) is 6.61 Å². The Morgan fingerprint density at radius 2 is 0.900 bits per heavy atom. The number of amides is 1. The molecular formula is C54H99NO5. The topological polar surface area (TPSA) is 95.9 Å². The van der Waals surface area contributed by atoms with Gasteiger partial charge in [0.2, 0.25) is 5.91 Å². The first-order valence-electron chi connectivity index (χ1n) is 25.9. The average molecular weight is 842 g/mol. The van der Waals surface area contributed by atoms with E-state index in [4.69, 9.17) is 4.74 Å². The van der Waals surface area contributed by atoms with Crippen LogP contribution < -0.4 is 5.32 Å². The number of aliphatic hydroxyl groups is 2. The van der Waals surface area contributed by atoms with Crippen LogP contribution in [0, 0.1) is 0 Å². The summed E-state index contributed by atoms with van der Waals surface area (Å²) in [6, 6.07) is -0.709. The van der Waals surface area contributed by atoms with E-state index >= 15 is 0 Å². The summed E-state index contributed by atoms with van der Waals surface area (Å²) in [7, 11) is 0. The number of carbonyl (C=O) groups excluding carboxylic acids is 2. The van der Waals surface area contributed by atoms with Gasteiger partial charge in [0.1, 0.15) is 6.10 Å². The van der Waals surface area contributed by atoms with E-state index in [1.54, 1.807) is 0 Å². The van der Waals surface area contributed by atoms with E-state index in [2.05, 4.69) is 74.7 Å². The summed E-state index contributed by atoms with van der Waals surface area (Å²) in [4.78, 5) is 26.0. The molecule has 1 amide bonds. The van der Waals surface area contributed by atoms with Gasteiger partial charge in [-0.2, -0.15) is 0 Å². The molecule has 6 heteroatoms. The van der Waals surface area contributed by atoms with Crippen molar-refractivity contribution in [2.45, 2.75) is 277 Å². The molecule has 0 aromatic rings. The highest BCUT2D eigenvalue weighted by Gasteiger charge is 2.24. The molecule has 0 heterocycles. The lowest BCUT2D eigenvalue weighted by Gasteiger charge is -2.24. The van der Waals surface area contributed by atoms with E-state index in [-0.39, 0.29) is 24.9 Å². The number of unbranched alkanes of at least 4 members (excludes halogenated alkanes) is 28. The predicted molar refractivity (Wildman–Crippen MR) is 259 cm³/mol. The fourth-order valence-corrected chi connectivity index (χ4v) is 7.73. The van der Waals surface area contributed by atoms with Crippen LogP contribution in [0.2, 0.25) is 0 Å². The predicted octanol–water partition coefficient (Wildman–Crippen LogP) is 15.5. The van der Waals surface area contributed by atoms with Crippen LogP contribution in [0.3, 0.4) is 0 Å². The Morgan fingerprint density at radius 1 is 0.483 bits per heavy atom. The molecule has 3 N–H and O–H groups in total. The van der Waals surface area contributed by atoms with Gasteiger partial charge >= 0.3 is 5.97 Å². The molecule has 0 fully saturated rings. The maximum atomic E-state index is 13.1. The molecule has 0 bridgehead atoms. The van der Waals surface area contributed by atoms with Crippen molar-refractivity contribution in [3.05, 3.63) is 48.6 Å². The monoisotopic (exact) mass is 842 g/mol. The van der Waals surface area contributed by atoms with Gasteiger partial charge in [-0.15, -0.1) is 0 Å². The summed E-state index contributed by atoms with van der Waals surface area (Å²) in [5.74, 6) is -0.512. The van der Waals surface area contributed by atoms with E-state index in [1.165, 1.54) is 116 Å². The van der Waals surface area contributed by atoms with Crippen LogP contribution in [-0.4, -0.2) is 46.9 Å². The molecule has 3 unspecified atom stereocenters. The maximum absolute atomic E-state index is 13.1. The van der Waals surface area contributed by atoms with Crippen LogP contribution in [0.1, 0.15) is 258 Å². The summed E-state index contributed by atoms with van der Waals surface area (Å²) in [6.45, 7) is 6.40. The Kier molecular flexibility index (Phi) is 46.1. The van der Waals surface area contributed by atoms with Crippen molar-refractivity contribution in [2.24, 2.45) is 0 Å². The molecular weight excluding hydrogens is 743 g/mol. The highest BCUT2D eigenvalue weighted by Crippen LogP contribution is 2.17. The number of nitrogens with one attached hydrogen (secondary N) is 1. The molecule has 60 heavy (non-hydrogen) atoms. The van der Waals surface area contributed by atoms with E-state index in [0.29, 0.717) is 19.3 Å². The van der Waals surface area contributed by atoms with E-state index in [0.717, 1.165) is 96.3 Å². The number of carbonyl (C=O) groups is 2. The van der Waals surface area contributed by atoms with Gasteiger partial charge < -0.3 is 20.3 Å². The molecule has 3 atom stereocenters. The number of esters is 1. The van der Waals surface area contributed by atoms with Crippen LogP contribution >= 0.6 is 0 Å². The lowest BCUT2D eigenvalue weighted by Crippen LogP contribution is -2.46. The zero-order valence-corrected chi connectivity index (χ0v) is 39.8. The summed E-state index contributed by atoms with van der Waals surface area (Å²) >= 11 is 0. The van der Waals surface area contributed by atoms with Gasteiger partial charge in [0.25, 0.3) is 0 Å². The zero-order valence-electron chi connectivity index (χ0n) is 39.8. The van der Waals surface area contributed by atoms with E-state index < -0.39 is 18.2 Å². The van der Waals surface area contributed by atoms with Gasteiger partial charge in [-0.25, -0.2) is 0 Å². The Bertz CT molecular complexity index is 1040. The van der Waals surface area contributed by atoms with Crippen molar-refractivity contribution in [3.8, 4) is 0 Å². The van der Waals surface area contributed by atoms with Crippen LogP contribution in [0.4, 0.5) is 0 Å². The third kappa shape index (κ3) is 42.5. The minimum atomic E-state index is -0.794. The SMILES string of the molecule is CCC/C=C\CCCCCC(CC(=O)NC(CO)C(O)CCCCCCCCCCCCCCCCC)OC(=O)CCCCCCC/C=C/C=C/C=C/CCCCCCC. The van der Waals surface area contributed by atoms with Crippen molar-refractivity contribution in [3.63, 3.8) is 0 Å². The fraction of sp³-hybridized carbons (Fsp3) is 0.815. The lowest BCUT2D eigenvalue weighted by atomic mass is 10.0. The number of hydrogen-bond donors (Lipinski definition) is 3. The highest BCUT2D eigenvalue weighted by atomic mass is 16.5. The minimum absolute atomic E-state index is 0.0580. The molecule has 0 aromatic heterocycles. The van der Waals surface area contributed by atoms with Gasteiger partial charge in [0.15, 0.2) is 0 Å². The number of hydrogen-bond acceptors (Lipinski definition) is 5. The van der Waals surface area contributed by atoms with Crippen molar-refractivity contribution in [1.82, 2.24) is 5.32 Å². The normalized spacial score (nSPS) is 13.6. The number of aliphatic hydroxyl groups excluding tert-OH is 2. The standard InChI is InChI=1S/C54H99NO5/c1-4-7-10-13-16-19-21-23-25-26-27-29-31-33-35-38-41-44-47-54(59)60-50(45-42-39-36-18-15-12-9-6-3)48-53(58)55-51(49-56)52(57)46-43-40-37-34-32-30-28-24-22-20-17-14-11-8-5-2/h12,15,21,23,25-27,29,50-52,56-57H,4-11,13-14,16-20,22,24,28,30-49H2,1-3H3,(H,55,58)/b15-12-,23-21+,26-25+,29-27+. The second-order valence-corrected chi connectivity index (χ2v) is 17.6. The third-order valence-electron chi connectivity index (χ3n) is 11.7. The summed E-state index contributed by atoms with van der Waals surface area (Å²) in [6.07, 6.45) is 57.5. The molecule has 0 saturated carbocycles. The second-order valence-electron chi connectivity index (χ2n) is 17.6. The Morgan fingerprint density at radius 3 is 1.40 bits per heavy atom. The molecule has 0 aliphatic carbocycles. The van der Waals surface area contributed by atoms with E-state index in [9.17, 15) is 19.8 Å². The van der Waals surface area contributed by atoms with Crippen LogP contribution in [-0.2, 0) is 14.3 Å². The smallest absolute Gasteiger partial charge is 0.306 e. The Labute approximate surface area is 372 Å². The quantitative estimate of drug-likeness (QED) is 0.0246.